The summed E-state index contributed by atoms with van der Waals surface area (Å²) < 4.78 is 13.1. The Morgan fingerprint density at radius 2 is 0.586 bits per heavy atom. The molecule has 111 heavy (non-hydrogen) atoms. The first-order valence-electron chi connectivity index (χ1n) is 35.8. The van der Waals surface area contributed by atoms with E-state index in [-0.39, 0.29) is 14.9 Å². The van der Waals surface area contributed by atoms with Crippen LogP contribution >= 0.6 is 23.2 Å². The van der Waals surface area contributed by atoms with Crippen LogP contribution in [-0.2, 0) is 0 Å². The molecule has 0 spiro atoms. The van der Waals surface area contributed by atoms with Gasteiger partial charge < -0.3 is 18.9 Å². The minimum Gasteiger partial charge on any atom is -0.455 e. The van der Waals surface area contributed by atoms with Crippen LogP contribution in [0.25, 0.3) is 199 Å². The maximum atomic E-state index is 9.44. The van der Waals surface area contributed by atoms with Crippen LogP contribution in [0.15, 0.2) is 355 Å². The third-order valence-electron chi connectivity index (χ3n) is 20.2. The van der Waals surface area contributed by atoms with Crippen LogP contribution in [0.2, 0.25) is 10.0 Å². The Morgan fingerprint density at radius 1 is 0.243 bits per heavy atom. The SMILES string of the molecule is C.C.Clc1cc(Cl)c2oc3cccc(-c4nc(-c5ccccc5)nc(-c5ccccc5)n4)c3c2c1.OB(O)c1cc2ccccc2c2ccccc12.c1ccc(-c2nc(-c3ccccc3)nc(-c3cccc4oc5c(-c6cc7ccccc7c7ccccc67)cc(-c6cc7ccccc7c7ccccc67)cc5c34)n2)cc1. The summed E-state index contributed by atoms with van der Waals surface area (Å²) in [6.45, 7) is 0. The van der Waals surface area contributed by atoms with Gasteiger partial charge in [-0.05, 0) is 135 Å². The zero-order valence-electron chi connectivity index (χ0n) is 58.1. The number of hydrogen-bond acceptors (Lipinski definition) is 10. The molecule has 0 aliphatic heterocycles. The molecular weight excluding hydrogens is 1410 g/mol. The van der Waals surface area contributed by atoms with Gasteiger partial charge in [-0.1, -0.05) is 335 Å². The van der Waals surface area contributed by atoms with Gasteiger partial charge in [-0.2, -0.15) is 0 Å². The van der Waals surface area contributed by atoms with Crippen molar-refractivity contribution >= 4 is 144 Å². The Morgan fingerprint density at radius 3 is 1.03 bits per heavy atom. The van der Waals surface area contributed by atoms with Crippen molar-refractivity contribution in [2.24, 2.45) is 0 Å². The molecule has 0 radical (unpaired) electrons. The Labute approximate surface area is 650 Å². The summed E-state index contributed by atoms with van der Waals surface area (Å²) in [5.41, 5.74) is 13.2. The maximum Gasteiger partial charge on any atom is 0.489 e. The molecule has 10 nitrogen and oxygen atoms in total. The molecule has 0 unspecified atom stereocenters. The van der Waals surface area contributed by atoms with Crippen LogP contribution in [0.4, 0.5) is 0 Å². The predicted octanol–water partition coefficient (Wildman–Crippen LogP) is 25.7. The number of benzene rings is 17. The molecule has 0 fully saturated rings. The Bertz CT molecular complexity index is 7010. The minimum atomic E-state index is -1.44. The first kappa shape index (κ1) is 70.5. The normalized spacial score (nSPS) is 11.3. The number of furan rings is 2. The van der Waals surface area contributed by atoms with Crippen molar-refractivity contribution in [1.29, 1.82) is 0 Å². The Hall–Kier alpha value is -13.5. The molecule has 21 aromatic rings. The lowest BCUT2D eigenvalue weighted by molar-refractivity contribution is 0.426. The highest BCUT2D eigenvalue weighted by Gasteiger charge is 2.25. The van der Waals surface area contributed by atoms with Crippen molar-refractivity contribution in [3.8, 4) is 90.6 Å². The van der Waals surface area contributed by atoms with Gasteiger partial charge in [0.2, 0.25) is 0 Å². The number of fused-ring (bicyclic) bond motifs is 15. The lowest BCUT2D eigenvalue weighted by Gasteiger charge is -2.15. The van der Waals surface area contributed by atoms with E-state index < -0.39 is 7.12 Å². The summed E-state index contributed by atoms with van der Waals surface area (Å²) in [6.07, 6.45) is 0. The van der Waals surface area contributed by atoms with E-state index in [1.165, 1.54) is 43.1 Å². The van der Waals surface area contributed by atoms with Gasteiger partial charge >= 0.3 is 7.12 Å². The van der Waals surface area contributed by atoms with Crippen molar-refractivity contribution in [1.82, 2.24) is 29.9 Å². The first-order valence-corrected chi connectivity index (χ1v) is 36.6. The van der Waals surface area contributed by atoms with Gasteiger partial charge in [0.15, 0.2) is 40.5 Å². The number of aromatic nitrogens is 6. The summed E-state index contributed by atoms with van der Waals surface area (Å²) in [5, 5.41) is 37.3. The molecule has 0 aliphatic rings. The van der Waals surface area contributed by atoms with Crippen molar-refractivity contribution in [2.75, 3.05) is 0 Å². The molecule has 21 rings (SSSR count). The summed E-state index contributed by atoms with van der Waals surface area (Å²) >= 11 is 12.7. The second-order valence-corrected chi connectivity index (χ2v) is 27.6. The quantitative estimate of drug-likeness (QED) is 0.106. The van der Waals surface area contributed by atoms with E-state index in [1.54, 1.807) is 6.07 Å². The van der Waals surface area contributed by atoms with Crippen molar-refractivity contribution in [3.63, 3.8) is 0 Å². The monoisotopic (exact) mass is 1470 g/mol. The minimum absolute atomic E-state index is 0. The fraction of sp³-hybridized carbons (Fsp3) is 0.0204. The standard InChI is InChI=1S/C55H33N3O.C27H15Cl2N3O.C14H11BO2.2CH4/c1-3-16-34(17-4-1)53-56-54(35-18-5-2-6-19-35)58-55(57-53)45-28-15-29-50-51(45)49-33-38(46-30-36-20-7-9-22-39(36)41-24-11-13-26-43(41)46)32-48(52(49)59-50)47-31-37-21-8-10-23-40(37)42-25-12-14-27-44(42)47;28-18-14-20-23-19(12-7-13-22(23)33-24(20)21(29)15-18)27-31-25(16-8-3-1-4-9-16)30-26(32-27)17-10-5-2-6-11-17;16-15(17)14-9-10-5-1-2-6-11(10)12-7-3-4-8-13(12)14;;/h1-33H;1-15H;1-9,16-17H;2*1H4. The van der Waals surface area contributed by atoms with Crippen LogP contribution in [-0.4, -0.2) is 47.1 Å². The lowest BCUT2D eigenvalue weighted by atomic mass is 9.76. The van der Waals surface area contributed by atoms with Crippen LogP contribution in [0, 0.1) is 0 Å². The average molecular weight is 1470 g/mol. The smallest absolute Gasteiger partial charge is 0.455 e. The fourth-order valence-electron chi connectivity index (χ4n) is 15.2. The predicted molar refractivity (Wildman–Crippen MR) is 462 cm³/mol. The summed E-state index contributed by atoms with van der Waals surface area (Å²) in [4.78, 5) is 29.8. The molecule has 0 saturated heterocycles. The van der Waals surface area contributed by atoms with E-state index in [1.807, 2.05) is 206 Å². The van der Waals surface area contributed by atoms with Gasteiger partial charge in [0.25, 0.3) is 0 Å². The molecule has 13 heteroatoms. The highest BCUT2D eigenvalue weighted by Crippen LogP contribution is 2.48. The zero-order chi connectivity index (χ0) is 73.1. The molecule has 2 N–H and O–H groups in total. The number of rotatable bonds is 9. The number of nitrogens with zero attached hydrogens (tertiary/aromatic N) is 6. The maximum absolute atomic E-state index is 9.44. The van der Waals surface area contributed by atoms with Gasteiger partial charge in [-0.3, -0.25) is 0 Å². The molecule has 0 atom stereocenters. The van der Waals surface area contributed by atoms with E-state index in [4.69, 9.17) is 61.9 Å². The molecule has 4 heterocycles. The largest absolute Gasteiger partial charge is 0.489 e. The lowest BCUT2D eigenvalue weighted by Crippen LogP contribution is -2.30. The topological polar surface area (TPSA) is 144 Å². The van der Waals surface area contributed by atoms with Gasteiger partial charge in [0.1, 0.15) is 16.7 Å². The van der Waals surface area contributed by atoms with E-state index in [2.05, 4.69) is 133 Å². The van der Waals surface area contributed by atoms with E-state index in [9.17, 15) is 10.0 Å². The molecule has 530 valence electrons. The van der Waals surface area contributed by atoms with E-state index in [0.29, 0.717) is 61.6 Å². The molecule has 0 bridgehead atoms. The second kappa shape index (κ2) is 29.9. The highest BCUT2D eigenvalue weighted by molar-refractivity contribution is 6.62. The van der Waals surface area contributed by atoms with Gasteiger partial charge in [-0.15, -0.1) is 0 Å². The number of halogens is 2. The second-order valence-electron chi connectivity index (χ2n) is 26.8. The van der Waals surface area contributed by atoms with Crippen LogP contribution < -0.4 is 5.46 Å². The van der Waals surface area contributed by atoms with Gasteiger partial charge in [-0.25, -0.2) is 29.9 Å². The van der Waals surface area contributed by atoms with Gasteiger partial charge in [0.05, 0.1) is 5.02 Å². The Balaban J connectivity index is 0.000000144. The summed E-state index contributed by atoms with van der Waals surface area (Å²) in [5.74, 6) is 3.56. The third kappa shape index (κ3) is 13.1. The fourth-order valence-corrected chi connectivity index (χ4v) is 15.8. The van der Waals surface area contributed by atoms with Crippen molar-refractivity contribution < 1.29 is 18.9 Å². The van der Waals surface area contributed by atoms with Crippen molar-refractivity contribution in [2.45, 2.75) is 14.9 Å². The molecule has 0 amide bonds. The zero-order valence-corrected chi connectivity index (χ0v) is 59.6. The molecule has 17 aromatic carbocycles. The third-order valence-corrected chi connectivity index (χ3v) is 20.7. The molecular formula is C98H67BCl2N6O4. The average Bonchev–Trinajstić information content (AvgIpc) is 1.65. The number of hydrogen-bond donors (Lipinski definition) is 2. The summed E-state index contributed by atoms with van der Waals surface area (Å²) in [7, 11) is -1.44. The van der Waals surface area contributed by atoms with Gasteiger partial charge in [0, 0.05) is 65.5 Å². The molecule has 4 aromatic heterocycles. The molecule has 0 aliphatic carbocycles. The van der Waals surface area contributed by atoms with Crippen LogP contribution in [0.5, 0.6) is 0 Å². The summed E-state index contributed by atoms with van der Waals surface area (Å²) in [6, 6.07) is 117. The van der Waals surface area contributed by atoms with Crippen LogP contribution in [0.3, 0.4) is 0 Å². The van der Waals surface area contributed by atoms with E-state index in [0.717, 1.165) is 110 Å². The highest BCUT2D eigenvalue weighted by atomic mass is 35.5. The molecule has 0 saturated carbocycles. The Kier molecular flexibility index (Phi) is 19.0. The van der Waals surface area contributed by atoms with Crippen LogP contribution in [0.1, 0.15) is 14.9 Å². The first-order chi connectivity index (χ1) is 53.7. The van der Waals surface area contributed by atoms with Crippen molar-refractivity contribution in [3.05, 3.63) is 356 Å². The van der Waals surface area contributed by atoms with E-state index >= 15 is 0 Å².